The summed E-state index contributed by atoms with van der Waals surface area (Å²) in [5.41, 5.74) is 0.593. The van der Waals surface area contributed by atoms with Gasteiger partial charge in [0.1, 0.15) is 5.82 Å². The van der Waals surface area contributed by atoms with Crippen LogP contribution in [0.15, 0.2) is 58.3 Å². The summed E-state index contributed by atoms with van der Waals surface area (Å²) in [4.78, 5) is -0.0816. The van der Waals surface area contributed by atoms with Gasteiger partial charge in [0.25, 0.3) is 0 Å². The van der Waals surface area contributed by atoms with Crippen LogP contribution in [0.25, 0.3) is 0 Å². The van der Waals surface area contributed by atoms with E-state index in [2.05, 4.69) is 0 Å². The fraction of sp³-hybridized carbons (Fsp3) is 0.200. The molecule has 9 heteroatoms. The van der Waals surface area contributed by atoms with Crippen molar-refractivity contribution in [3.63, 3.8) is 0 Å². The molecule has 130 valence electrons. The molecule has 2 aromatic carbocycles. The molecule has 0 aromatic heterocycles. The van der Waals surface area contributed by atoms with Crippen molar-refractivity contribution in [1.29, 1.82) is 0 Å². The predicted octanol–water partition coefficient (Wildman–Crippen LogP) is 1.85. The first-order chi connectivity index (χ1) is 11.0. The van der Waals surface area contributed by atoms with Crippen molar-refractivity contribution in [3.05, 3.63) is 59.9 Å². The second kappa shape index (κ2) is 6.60. The van der Waals surface area contributed by atoms with E-state index in [1.165, 1.54) is 43.4 Å². The van der Waals surface area contributed by atoms with Gasteiger partial charge in [-0.2, -0.15) is 4.31 Å². The summed E-state index contributed by atoms with van der Waals surface area (Å²) in [5, 5.41) is 5.04. The first kappa shape index (κ1) is 18.5. The summed E-state index contributed by atoms with van der Waals surface area (Å²) in [5.74, 6) is -0.525. The molecule has 0 aliphatic heterocycles. The zero-order valence-electron chi connectivity index (χ0n) is 13.0. The largest absolute Gasteiger partial charge is 0.243 e. The molecule has 2 N–H and O–H groups in total. The number of nitrogens with two attached hydrogens (primary N) is 1. The van der Waals surface area contributed by atoms with Crippen molar-refractivity contribution in [2.45, 2.75) is 22.8 Å². The lowest BCUT2D eigenvalue weighted by molar-refractivity contribution is 0.398. The fourth-order valence-electron chi connectivity index (χ4n) is 2.13. The molecule has 0 aliphatic rings. The van der Waals surface area contributed by atoms with Gasteiger partial charge in [0.2, 0.25) is 20.0 Å². The monoisotopic (exact) mass is 372 g/mol. The lowest BCUT2D eigenvalue weighted by Crippen LogP contribution is -2.29. The zero-order valence-corrected chi connectivity index (χ0v) is 14.7. The van der Waals surface area contributed by atoms with Gasteiger partial charge in [-0.15, -0.1) is 0 Å². The number of rotatable bonds is 5. The maximum atomic E-state index is 13.0. The number of primary sulfonamides is 1. The van der Waals surface area contributed by atoms with Crippen LogP contribution in [-0.2, 0) is 20.0 Å². The Morgan fingerprint density at radius 2 is 1.38 bits per heavy atom. The molecule has 0 amide bonds. The van der Waals surface area contributed by atoms with Crippen LogP contribution >= 0.6 is 0 Å². The van der Waals surface area contributed by atoms with E-state index in [0.717, 1.165) is 16.4 Å². The second-order valence-electron chi connectivity index (χ2n) is 5.27. The van der Waals surface area contributed by atoms with E-state index in [-0.39, 0.29) is 9.79 Å². The van der Waals surface area contributed by atoms with Gasteiger partial charge in [0.15, 0.2) is 0 Å². The Bertz CT molecular complexity index is 924. The molecule has 0 bridgehead atoms. The topological polar surface area (TPSA) is 97.5 Å². The molecule has 2 aromatic rings. The predicted molar refractivity (Wildman–Crippen MR) is 87.6 cm³/mol. The van der Waals surface area contributed by atoms with Crippen LogP contribution in [0.4, 0.5) is 4.39 Å². The summed E-state index contributed by atoms with van der Waals surface area (Å²) in [6.07, 6.45) is 0. The lowest BCUT2D eigenvalue weighted by Gasteiger charge is -2.24. The van der Waals surface area contributed by atoms with Crippen molar-refractivity contribution in [2.75, 3.05) is 7.05 Å². The van der Waals surface area contributed by atoms with E-state index in [0.29, 0.717) is 5.56 Å². The molecule has 0 fully saturated rings. The van der Waals surface area contributed by atoms with E-state index >= 15 is 0 Å². The van der Waals surface area contributed by atoms with Crippen LogP contribution in [-0.4, -0.2) is 28.2 Å². The van der Waals surface area contributed by atoms with Gasteiger partial charge >= 0.3 is 0 Å². The van der Waals surface area contributed by atoms with Gasteiger partial charge in [-0.1, -0.05) is 12.1 Å². The Labute approximate surface area is 140 Å². The maximum Gasteiger partial charge on any atom is 0.243 e. The maximum absolute atomic E-state index is 13.0. The molecular formula is C15H17FN2O4S2. The molecule has 0 spiro atoms. The van der Waals surface area contributed by atoms with Gasteiger partial charge in [0, 0.05) is 13.1 Å². The lowest BCUT2D eigenvalue weighted by atomic mass is 10.1. The number of halogens is 1. The number of hydrogen-bond acceptors (Lipinski definition) is 4. The van der Waals surface area contributed by atoms with E-state index in [9.17, 15) is 21.2 Å². The highest BCUT2D eigenvalue weighted by Crippen LogP contribution is 2.26. The Morgan fingerprint density at radius 3 is 1.83 bits per heavy atom. The molecule has 0 heterocycles. The standard InChI is InChI=1S/C15H17FN2O4S2/c1-11(12-3-7-14(8-4-12)23(17,19)20)18(2)24(21,22)15-9-5-13(16)6-10-15/h3-11H,1-2H3,(H2,17,19,20)/t11-/m0/s1. The minimum atomic E-state index is -3.82. The summed E-state index contributed by atoms with van der Waals surface area (Å²) in [6.45, 7) is 1.66. The highest BCUT2D eigenvalue weighted by Gasteiger charge is 2.26. The Kier molecular flexibility index (Phi) is 5.09. The molecule has 0 saturated carbocycles. The van der Waals surface area contributed by atoms with Crippen molar-refractivity contribution < 1.29 is 21.2 Å². The molecule has 2 rings (SSSR count). The smallest absolute Gasteiger partial charge is 0.225 e. The Morgan fingerprint density at radius 1 is 0.917 bits per heavy atom. The summed E-state index contributed by atoms with van der Waals surface area (Å²) in [6, 6.07) is 9.62. The van der Waals surface area contributed by atoms with Crippen LogP contribution < -0.4 is 5.14 Å². The van der Waals surface area contributed by atoms with Crippen molar-refractivity contribution in [2.24, 2.45) is 5.14 Å². The molecule has 24 heavy (non-hydrogen) atoms. The third kappa shape index (κ3) is 3.81. The normalized spacial score (nSPS) is 13.9. The number of hydrogen-bond donors (Lipinski definition) is 1. The number of nitrogens with zero attached hydrogens (tertiary/aromatic N) is 1. The molecule has 0 unspecified atom stereocenters. The Hall–Kier alpha value is -1.81. The Balaban J connectivity index is 2.31. The molecule has 6 nitrogen and oxygen atoms in total. The van der Waals surface area contributed by atoms with E-state index in [1.807, 2.05) is 0 Å². The molecular weight excluding hydrogens is 355 g/mol. The average molecular weight is 372 g/mol. The van der Waals surface area contributed by atoms with E-state index in [1.54, 1.807) is 6.92 Å². The van der Waals surface area contributed by atoms with Crippen LogP contribution in [0.1, 0.15) is 18.5 Å². The SMILES string of the molecule is C[C@@H](c1ccc(S(N)(=O)=O)cc1)N(C)S(=O)(=O)c1ccc(F)cc1. The zero-order chi connectivity index (χ0) is 18.1. The van der Waals surface area contributed by atoms with Crippen LogP contribution in [0, 0.1) is 5.82 Å². The van der Waals surface area contributed by atoms with Gasteiger partial charge in [-0.05, 0) is 48.9 Å². The van der Waals surface area contributed by atoms with Crippen LogP contribution in [0.3, 0.4) is 0 Å². The van der Waals surface area contributed by atoms with E-state index in [4.69, 9.17) is 5.14 Å². The van der Waals surface area contributed by atoms with Gasteiger partial charge in [-0.25, -0.2) is 26.4 Å². The van der Waals surface area contributed by atoms with Gasteiger partial charge in [0.05, 0.1) is 9.79 Å². The molecule has 0 radical (unpaired) electrons. The summed E-state index contributed by atoms with van der Waals surface area (Å²) in [7, 11) is -6.23. The molecule has 0 saturated heterocycles. The fourth-order valence-corrected chi connectivity index (χ4v) is 3.99. The summed E-state index contributed by atoms with van der Waals surface area (Å²) < 4.78 is 61.8. The van der Waals surface area contributed by atoms with Crippen molar-refractivity contribution in [1.82, 2.24) is 4.31 Å². The number of benzene rings is 2. The minimum absolute atomic E-state index is 0.0283. The average Bonchev–Trinajstić information content (AvgIpc) is 2.53. The third-order valence-corrected chi connectivity index (χ3v) is 6.60. The van der Waals surface area contributed by atoms with Crippen LogP contribution in [0.5, 0.6) is 0 Å². The second-order valence-corrected chi connectivity index (χ2v) is 8.82. The first-order valence-corrected chi connectivity index (χ1v) is 9.88. The van der Waals surface area contributed by atoms with Crippen LogP contribution in [0.2, 0.25) is 0 Å². The van der Waals surface area contributed by atoms with Crippen molar-refractivity contribution in [3.8, 4) is 0 Å². The highest BCUT2D eigenvalue weighted by atomic mass is 32.2. The summed E-state index contributed by atoms with van der Waals surface area (Å²) >= 11 is 0. The first-order valence-electron chi connectivity index (χ1n) is 6.90. The highest BCUT2D eigenvalue weighted by molar-refractivity contribution is 7.89. The van der Waals surface area contributed by atoms with Gasteiger partial charge < -0.3 is 0 Å². The van der Waals surface area contributed by atoms with Crippen molar-refractivity contribution >= 4 is 20.0 Å². The number of sulfonamides is 2. The minimum Gasteiger partial charge on any atom is -0.225 e. The van der Waals surface area contributed by atoms with Gasteiger partial charge in [-0.3, -0.25) is 0 Å². The third-order valence-electron chi connectivity index (χ3n) is 3.73. The molecule has 1 atom stereocenters. The quantitative estimate of drug-likeness (QED) is 0.866. The van der Waals surface area contributed by atoms with E-state index < -0.39 is 31.9 Å². The molecule has 0 aliphatic carbocycles.